The number of carbonyl (C=O) groups is 1. The summed E-state index contributed by atoms with van der Waals surface area (Å²) in [5.41, 5.74) is 12.3. The van der Waals surface area contributed by atoms with Crippen molar-refractivity contribution in [1.82, 2.24) is 5.32 Å². The number of methoxy groups -OCH3 is 1. The Bertz CT molecular complexity index is 1280. The van der Waals surface area contributed by atoms with Crippen LogP contribution in [-0.2, 0) is 37.0 Å². The predicted molar refractivity (Wildman–Crippen MR) is 145 cm³/mol. The molecule has 1 unspecified atom stereocenters. The standard InChI is InChI=1S/C28H34N4O7/c1-36-26-24(32-23(34)13-31-28(29)30)27(38-15-17-5-4-8-21(33)12-17)39-22(25(26)35)16-37-14-18-9-10-19-6-2-3-7-20(19)11-18/h2-12,22,24-27,33,35H,13-16H2,1H3,(H,32,34)(H4,29,30,31)/t22-,24-,25-,26-,27?/m1/s1. The normalized spacial score (nSPS) is 22.9. The monoisotopic (exact) mass is 538 g/mol. The summed E-state index contributed by atoms with van der Waals surface area (Å²) < 4.78 is 23.6. The number of ether oxygens (including phenoxy) is 4. The molecule has 1 heterocycles. The van der Waals surface area contributed by atoms with Crippen LogP contribution in [0.4, 0.5) is 0 Å². The lowest BCUT2D eigenvalue weighted by molar-refractivity contribution is -0.279. The average Bonchev–Trinajstić information content (AvgIpc) is 2.92. The minimum absolute atomic E-state index is 0.0501. The van der Waals surface area contributed by atoms with Crippen LogP contribution in [-0.4, -0.2) is 73.0 Å². The van der Waals surface area contributed by atoms with Gasteiger partial charge in [0.25, 0.3) is 0 Å². The maximum absolute atomic E-state index is 12.5. The summed E-state index contributed by atoms with van der Waals surface area (Å²) >= 11 is 0. The topological polar surface area (TPSA) is 171 Å². The highest BCUT2D eigenvalue weighted by Gasteiger charge is 2.47. The van der Waals surface area contributed by atoms with Crippen LogP contribution in [0.15, 0.2) is 71.7 Å². The van der Waals surface area contributed by atoms with E-state index in [1.165, 1.54) is 7.11 Å². The van der Waals surface area contributed by atoms with Gasteiger partial charge in [0.05, 0.1) is 19.8 Å². The maximum Gasteiger partial charge on any atom is 0.242 e. The summed E-state index contributed by atoms with van der Waals surface area (Å²) in [6.45, 7) is 0.108. The van der Waals surface area contributed by atoms with Crippen molar-refractivity contribution in [3.8, 4) is 5.75 Å². The van der Waals surface area contributed by atoms with Gasteiger partial charge in [-0.1, -0.05) is 48.5 Å². The molecule has 7 N–H and O–H groups in total. The fraction of sp³-hybridized carbons (Fsp3) is 0.357. The van der Waals surface area contributed by atoms with Gasteiger partial charge in [-0.15, -0.1) is 0 Å². The van der Waals surface area contributed by atoms with E-state index in [0.29, 0.717) is 12.2 Å². The highest BCUT2D eigenvalue weighted by molar-refractivity contribution is 5.83. The average molecular weight is 539 g/mol. The third-order valence-electron chi connectivity index (χ3n) is 6.37. The van der Waals surface area contributed by atoms with Gasteiger partial charge in [0.15, 0.2) is 12.2 Å². The van der Waals surface area contributed by atoms with E-state index in [0.717, 1.165) is 16.3 Å². The number of nitrogens with two attached hydrogens (primary N) is 2. The number of aromatic hydroxyl groups is 1. The molecular weight excluding hydrogens is 504 g/mol. The SMILES string of the molecule is CO[C@H]1[C@H](O)[C@@H](COCc2ccc3ccccc3c2)OC(OCc2cccc(O)c2)[C@@H]1NC(=O)CN=C(N)N. The molecular formula is C28H34N4O7. The molecule has 5 atom stereocenters. The second-order valence-electron chi connectivity index (χ2n) is 9.25. The molecule has 0 bridgehead atoms. The molecule has 1 aliphatic rings. The number of phenols is 1. The Kier molecular flexibility index (Phi) is 9.69. The van der Waals surface area contributed by atoms with Crippen molar-refractivity contribution >= 4 is 22.6 Å². The summed E-state index contributed by atoms with van der Waals surface area (Å²) in [5.74, 6) is -0.648. The van der Waals surface area contributed by atoms with Crippen molar-refractivity contribution in [2.75, 3.05) is 20.3 Å². The van der Waals surface area contributed by atoms with E-state index in [1.54, 1.807) is 24.3 Å². The predicted octanol–water partition coefficient (Wildman–Crippen LogP) is 1.14. The smallest absolute Gasteiger partial charge is 0.242 e. The van der Waals surface area contributed by atoms with Crippen molar-refractivity contribution in [1.29, 1.82) is 0 Å². The first-order valence-electron chi connectivity index (χ1n) is 12.5. The molecule has 0 aliphatic carbocycles. The molecule has 0 spiro atoms. The van der Waals surface area contributed by atoms with Crippen LogP contribution in [0.25, 0.3) is 10.8 Å². The fourth-order valence-electron chi connectivity index (χ4n) is 4.47. The van der Waals surface area contributed by atoms with E-state index in [9.17, 15) is 15.0 Å². The second-order valence-corrected chi connectivity index (χ2v) is 9.25. The first-order chi connectivity index (χ1) is 18.8. The van der Waals surface area contributed by atoms with Gasteiger partial charge >= 0.3 is 0 Å². The molecule has 1 fully saturated rings. The van der Waals surface area contributed by atoms with Crippen LogP contribution in [0.1, 0.15) is 11.1 Å². The van der Waals surface area contributed by atoms with Crippen molar-refractivity contribution < 1.29 is 34.0 Å². The van der Waals surface area contributed by atoms with E-state index in [4.69, 9.17) is 30.4 Å². The fourth-order valence-corrected chi connectivity index (χ4v) is 4.47. The van der Waals surface area contributed by atoms with Gasteiger partial charge in [-0.05, 0) is 40.1 Å². The molecule has 1 amide bonds. The summed E-state index contributed by atoms with van der Waals surface area (Å²) in [5, 5.41) is 25.8. The van der Waals surface area contributed by atoms with Gasteiger partial charge in [0, 0.05) is 7.11 Å². The minimum Gasteiger partial charge on any atom is -0.508 e. The molecule has 3 aromatic rings. The number of amides is 1. The van der Waals surface area contributed by atoms with Crippen LogP contribution < -0.4 is 16.8 Å². The van der Waals surface area contributed by atoms with Crippen LogP contribution in [0.5, 0.6) is 5.75 Å². The maximum atomic E-state index is 12.5. The number of nitrogens with zero attached hydrogens (tertiary/aromatic N) is 1. The lowest BCUT2D eigenvalue weighted by Crippen LogP contribution is -2.65. The Labute approximate surface area is 226 Å². The zero-order chi connectivity index (χ0) is 27.8. The van der Waals surface area contributed by atoms with Crippen molar-refractivity contribution in [2.24, 2.45) is 16.5 Å². The minimum atomic E-state index is -1.14. The van der Waals surface area contributed by atoms with Gasteiger partial charge in [-0.3, -0.25) is 4.79 Å². The Balaban J connectivity index is 1.45. The van der Waals surface area contributed by atoms with Gasteiger partial charge in [-0.2, -0.15) is 0 Å². The van der Waals surface area contributed by atoms with E-state index >= 15 is 0 Å². The van der Waals surface area contributed by atoms with E-state index < -0.39 is 36.6 Å². The number of aliphatic hydroxyl groups is 1. The number of aliphatic hydroxyl groups excluding tert-OH is 1. The molecule has 3 aromatic carbocycles. The summed E-state index contributed by atoms with van der Waals surface area (Å²) in [7, 11) is 1.42. The largest absolute Gasteiger partial charge is 0.508 e. The van der Waals surface area contributed by atoms with Crippen LogP contribution in [0.2, 0.25) is 0 Å². The molecule has 1 aliphatic heterocycles. The number of guanidine groups is 1. The summed E-state index contributed by atoms with van der Waals surface area (Å²) in [4.78, 5) is 16.2. The van der Waals surface area contributed by atoms with E-state index in [-0.39, 0.29) is 31.5 Å². The zero-order valence-corrected chi connectivity index (χ0v) is 21.6. The van der Waals surface area contributed by atoms with Crippen molar-refractivity contribution in [2.45, 2.75) is 43.9 Å². The van der Waals surface area contributed by atoms with Crippen molar-refractivity contribution in [3.05, 3.63) is 77.9 Å². The van der Waals surface area contributed by atoms with Crippen molar-refractivity contribution in [3.63, 3.8) is 0 Å². The highest BCUT2D eigenvalue weighted by atomic mass is 16.7. The molecule has 1 saturated heterocycles. The zero-order valence-electron chi connectivity index (χ0n) is 21.6. The van der Waals surface area contributed by atoms with Gasteiger partial charge < -0.3 is 45.9 Å². The molecule has 11 nitrogen and oxygen atoms in total. The molecule has 208 valence electrons. The number of benzene rings is 3. The Morgan fingerprint density at radius 2 is 1.79 bits per heavy atom. The quantitative estimate of drug-likeness (QED) is 0.177. The first-order valence-corrected chi connectivity index (χ1v) is 12.5. The molecule has 39 heavy (non-hydrogen) atoms. The Morgan fingerprint density at radius 3 is 2.54 bits per heavy atom. The van der Waals surface area contributed by atoms with Gasteiger partial charge in [0.2, 0.25) is 5.91 Å². The van der Waals surface area contributed by atoms with E-state index in [1.807, 2.05) is 36.4 Å². The molecule has 0 saturated carbocycles. The highest BCUT2D eigenvalue weighted by Crippen LogP contribution is 2.26. The number of phenolic OH excluding ortho intramolecular Hbond substituents is 1. The number of carbonyl (C=O) groups excluding carboxylic acids is 1. The second kappa shape index (κ2) is 13.4. The Morgan fingerprint density at radius 1 is 1.03 bits per heavy atom. The van der Waals surface area contributed by atoms with Crippen LogP contribution >= 0.6 is 0 Å². The lowest BCUT2D eigenvalue weighted by atomic mass is 9.96. The molecule has 0 radical (unpaired) electrons. The van der Waals surface area contributed by atoms with Gasteiger partial charge in [-0.25, -0.2) is 4.99 Å². The number of aliphatic imine (C=N–C) groups is 1. The molecule has 0 aromatic heterocycles. The summed E-state index contributed by atoms with van der Waals surface area (Å²) in [6, 6.07) is 19.8. The number of fused-ring (bicyclic) bond motifs is 1. The number of nitrogens with one attached hydrogen (secondary N) is 1. The third-order valence-corrected chi connectivity index (χ3v) is 6.37. The first kappa shape index (κ1) is 28.3. The van der Waals surface area contributed by atoms with Gasteiger partial charge in [0.1, 0.15) is 36.6 Å². The molecule has 11 heteroatoms. The third kappa shape index (κ3) is 7.65. The summed E-state index contributed by atoms with van der Waals surface area (Å²) in [6.07, 6.45) is -3.85. The van der Waals surface area contributed by atoms with E-state index in [2.05, 4.69) is 16.4 Å². The number of rotatable bonds is 11. The number of hydrogen-bond donors (Lipinski definition) is 5. The molecule has 4 rings (SSSR count). The lowest BCUT2D eigenvalue weighted by Gasteiger charge is -2.44. The Hall–Kier alpha value is -3.74. The van der Waals surface area contributed by atoms with Crippen LogP contribution in [0.3, 0.4) is 0 Å². The number of hydrogen-bond acceptors (Lipinski definition) is 8. The van der Waals surface area contributed by atoms with Crippen LogP contribution in [0, 0.1) is 0 Å².